The maximum absolute atomic E-state index is 11.0. The number of hydroxylamine groups is 1. The van der Waals surface area contributed by atoms with Crippen molar-refractivity contribution >= 4 is 5.97 Å². The van der Waals surface area contributed by atoms with Gasteiger partial charge in [0.25, 0.3) is 0 Å². The molecule has 0 fully saturated rings. The van der Waals surface area contributed by atoms with Crippen LogP contribution in [0.4, 0.5) is 0 Å². The van der Waals surface area contributed by atoms with E-state index in [1.807, 2.05) is 0 Å². The minimum atomic E-state index is -0.148. The predicted molar refractivity (Wildman–Crippen MR) is 67.0 cm³/mol. The lowest BCUT2D eigenvalue weighted by molar-refractivity contribution is -0.150. The smallest absolute Gasteiger partial charge is 0.324 e. The summed E-state index contributed by atoms with van der Waals surface area (Å²) >= 11 is 0. The first-order valence-corrected chi connectivity index (χ1v) is 6.67. The summed E-state index contributed by atoms with van der Waals surface area (Å²) in [5.74, 6) is -0.148. The molecular weight excluding hydrogens is 202 g/mol. The number of carbonyl (C=O) groups is 1. The van der Waals surface area contributed by atoms with Gasteiger partial charge in [0.05, 0.1) is 0 Å². The van der Waals surface area contributed by atoms with Crippen LogP contribution in [0.25, 0.3) is 0 Å². The summed E-state index contributed by atoms with van der Waals surface area (Å²) in [5, 5.41) is 0. The zero-order valence-corrected chi connectivity index (χ0v) is 10.9. The number of hydrogen-bond acceptors (Lipinski definition) is 3. The summed E-state index contributed by atoms with van der Waals surface area (Å²) < 4.78 is 0. The SMILES string of the molecule is CCCCCCCCCCCC(=O)ONC. The van der Waals surface area contributed by atoms with Crippen LogP contribution in [0.5, 0.6) is 0 Å². The van der Waals surface area contributed by atoms with Gasteiger partial charge in [-0.25, -0.2) is 0 Å². The highest BCUT2D eigenvalue weighted by Gasteiger charge is 2.00. The van der Waals surface area contributed by atoms with Crippen molar-refractivity contribution in [3.05, 3.63) is 0 Å². The average molecular weight is 229 g/mol. The molecule has 0 atom stereocenters. The van der Waals surface area contributed by atoms with Crippen LogP contribution in [0.2, 0.25) is 0 Å². The first-order chi connectivity index (χ1) is 7.81. The van der Waals surface area contributed by atoms with Gasteiger partial charge in [0.1, 0.15) is 0 Å². The van der Waals surface area contributed by atoms with Crippen LogP contribution >= 0.6 is 0 Å². The lowest BCUT2D eigenvalue weighted by atomic mass is 10.1. The van der Waals surface area contributed by atoms with Crippen LogP contribution in [-0.4, -0.2) is 13.0 Å². The fourth-order valence-corrected chi connectivity index (χ4v) is 1.74. The van der Waals surface area contributed by atoms with Gasteiger partial charge in [-0.15, -0.1) is 0 Å². The highest BCUT2D eigenvalue weighted by atomic mass is 16.7. The van der Waals surface area contributed by atoms with Gasteiger partial charge in [-0.1, -0.05) is 58.3 Å². The van der Waals surface area contributed by atoms with Crippen LogP contribution in [0, 0.1) is 0 Å². The van der Waals surface area contributed by atoms with E-state index in [2.05, 4.69) is 17.2 Å². The average Bonchev–Trinajstić information content (AvgIpc) is 2.27. The summed E-state index contributed by atoms with van der Waals surface area (Å²) in [5.41, 5.74) is 2.40. The Kier molecular flexibility index (Phi) is 12.1. The molecule has 3 heteroatoms. The molecule has 0 amide bonds. The lowest BCUT2D eigenvalue weighted by Gasteiger charge is -2.02. The molecule has 0 rings (SSSR count). The maximum atomic E-state index is 11.0. The van der Waals surface area contributed by atoms with Gasteiger partial charge in [0, 0.05) is 13.5 Å². The molecule has 0 aliphatic heterocycles. The maximum Gasteiger partial charge on any atom is 0.324 e. The molecular formula is C13H27NO2. The molecule has 96 valence electrons. The molecule has 3 nitrogen and oxygen atoms in total. The highest BCUT2D eigenvalue weighted by Crippen LogP contribution is 2.10. The molecule has 0 aromatic carbocycles. The standard InChI is InChI=1S/C13H27NO2/c1-3-4-5-6-7-8-9-10-11-12-13(15)16-14-2/h14H,3-12H2,1-2H3. The molecule has 1 N–H and O–H groups in total. The molecule has 16 heavy (non-hydrogen) atoms. The van der Waals surface area contributed by atoms with E-state index in [0.29, 0.717) is 6.42 Å². The monoisotopic (exact) mass is 229 g/mol. The second kappa shape index (κ2) is 12.5. The Labute approximate surface area is 99.9 Å². The van der Waals surface area contributed by atoms with Crippen molar-refractivity contribution < 1.29 is 9.63 Å². The van der Waals surface area contributed by atoms with E-state index in [-0.39, 0.29) is 5.97 Å². The minimum absolute atomic E-state index is 0.148. The molecule has 0 bridgehead atoms. The van der Waals surface area contributed by atoms with Crippen molar-refractivity contribution in [3.63, 3.8) is 0 Å². The molecule has 0 heterocycles. The fourth-order valence-electron chi connectivity index (χ4n) is 1.74. The molecule has 0 aromatic heterocycles. The summed E-state index contributed by atoms with van der Waals surface area (Å²) in [4.78, 5) is 15.6. The highest BCUT2D eigenvalue weighted by molar-refractivity contribution is 5.68. The van der Waals surface area contributed by atoms with E-state index in [1.54, 1.807) is 7.05 Å². The number of carbonyl (C=O) groups excluding carboxylic acids is 1. The molecule has 0 spiro atoms. The van der Waals surface area contributed by atoms with Gasteiger partial charge in [0.15, 0.2) is 0 Å². The Morgan fingerprint density at radius 3 is 1.94 bits per heavy atom. The van der Waals surface area contributed by atoms with E-state index in [1.165, 1.54) is 44.9 Å². The van der Waals surface area contributed by atoms with Crippen LogP contribution in [0.3, 0.4) is 0 Å². The molecule has 0 aromatic rings. The molecule has 0 radical (unpaired) electrons. The van der Waals surface area contributed by atoms with Gasteiger partial charge < -0.3 is 4.84 Å². The van der Waals surface area contributed by atoms with Crippen molar-refractivity contribution in [3.8, 4) is 0 Å². The third-order valence-electron chi connectivity index (χ3n) is 2.70. The number of hydrogen-bond donors (Lipinski definition) is 1. The second-order valence-electron chi connectivity index (χ2n) is 4.26. The topological polar surface area (TPSA) is 38.3 Å². The van der Waals surface area contributed by atoms with Crippen LogP contribution in [-0.2, 0) is 9.63 Å². The third kappa shape index (κ3) is 11.5. The van der Waals surface area contributed by atoms with Crippen molar-refractivity contribution in [1.82, 2.24) is 5.48 Å². The quantitative estimate of drug-likeness (QED) is 0.434. The van der Waals surface area contributed by atoms with Gasteiger partial charge >= 0.3 is 5.97 Å². The first-order valence-electron chi connectivity index (χ1n) is 6.67. The van der Waals surface area contributed by atoms with Gasteiger partial charge in [0.2, 0.25) is 0 Å². The first kappa shape index (κ1) is 15.4. The van der Waals surface area contributed by atoms with Crippen molar-refractivity contribution in [2.45, 2.75) is 71.1 Å². The van der Waals surface area contributed by atoms with Gasteiger partial charge in [-0.3, -0.25) is 4.79 Å². The number of unbranched alkanes of at least 4 members (excludes halogenated alkanes) is 8. The van der Waals surface area contributed by atoms with Crippen LogP contribution < -0.4 is 5.48 Å². The Balaban J connectivity index is 3.01. The number of nitrogens with one attached hydrogen (secondary N) is 1. The molecule has 0 aliphatic carbocycles. The Morgan fingerprint density at radius 2 is 1.44 bits per heavy atom. The third-order valence-corrected chi connectivity index (χ3v) is 2.70. The van der Waals surface area contributed by atoms with Crippen molar-refractivity contribution in [2.75, 3.05) is 7.05 Å². The van der Waals surface area contributed by atoms with Crippen molar-refractivity contribution in [2.24, 2.45) is 0 Å². The lowest BCUT2D eigenvalue weighted by Crippen LogP contribution is -2.14. The van der Waals surface area contributed by atoms with Crippen molar-refractivity contribution in [1.29, 1.82) is 0 Å². The van der Waals surface area contributed by atoms with E-state index < -0.39 is 0 Å². The molecule has 0 unspecified atom stereocenters. The Morgan fingerprint density at radius 1 is 0.938 bits per heavy atom. The zero-order valence-electron chi connectivity index (χ0n) is 10.9. The Hall–Kier alpha value is -0.570. The summed E-state index contributed by atoms with van der Waals surface area (Å²) in [6.07, 6.45) is 12.0. The van der Waals surface area contributed by atoms with E-state index in [9.17, 15) is 4.79 Å². The summed E-state index contributed by atoms with van der Waals surface area (Å²) in [6, 6.07) is 0. The van der Waals surface area contributed by atoms with E-state index in [4.69, 9.17) is 0 Å². The normalized spacial score (nSPS) is 10.4. The van der Waals surface area contributed by atoms with Crippen LogP contribution in [0.1, 0.15) is 71.1 Å². The fraction of sp³-hybridized carbons (Fsp3) is 0.923. The van der Waals surface area contributed by atoms with Crippen LogP contribution in [0.15, 0.2) is 0 Å². The summed E-state index contributed by atoms with van der Waals surface area (Å²) in [7, 11) is 1.61. The Bertz CT molecular complexity index is 160. The largest absolute Gasteiger partial charge is 0.371 e. The number of rotatable bonds is 11. The van der Waals surface area contributed by atoms with Gasteiger partial charge in [-0.05, 0) is 6.42 Å². The van der Waals surface area contributed by atoms with E-state index >= 15 is 0 Å². The van der Waals surface area contributed by atoms with Gasteiger partial charge in [-0.2, -0.15) is 5.48 Å². The summed E-state index contributed by atoms with van der Waals surface area (Å²) in [6.45, 7) is 2.24. The second-order valence-corrected chi connectivity index (χ2v) is 4.26. The minimum Gasteiger partial charge on any atom is -0.371 e. The predicted octanol–water partition coefficient (Wildman–Crippen LogP) is 3.58. The molecule has 0 saturated heterocycles. The molecule has 0 saturated carbocycles. The zero-order chi connectivity index (χ0) is 12.1. The molecule has 0 aliphatic rings. The van der Waals surface area contributed by atoms with E-state index in [0.717, 1.165) is 12.8 Å².